The Hall–Kier alpha value is -1.36. The number of rotatable bonds is 4. The fourth-order valence-electron chi connectivity index (χ4n) is 1.12. The van der Waals surface area contributed by atoms with Crippen molar-refractivity contribution < 1.29 is 13.2 Å². The third-order valence-electron chi connectivity index (χ3n) is 2.12. The van der Waals surface area contributed by atoms with Crippen molar-refractivity contribution >= 4 is 16.2 Å². The number of hydrogen-bond donors (Lipinski definition) is 1. The first kappa shape index (κ1) is 11.7. The summed E-state index contributed by atoms with van der Waals surface area (Å²) in [6.45, 7) is 3.31. The Morgan fingerprint density at radius 3 is 2.27 bits per heavy atom. The molecule has 0 aromatic heterocycles. The molecule has 0 heterocycles. The van der Waals surface area contributed by atoms with E-state index in [0.29, 0.717) is 6.41 Å². The summed E-state index contributed by atoms with van der Waals surface area (Å²) in [6, 6.07) is 6.52. The van der Waals surface area contributed by atoms with Crippen LogP contribution in [0.2, 0.25) is 0 Å². The molecule has 1 atom stereocenters. The Morgan fingerprint density at radius 2 is 1.80 bits per heavy atom. The summed E-state index contributed by atoms with van der Waals surface area (Å²) in [6.07, 6.45) is 0.385. The van der Waals surface area contributed by atoms with Crippen LogP contribution < -0.4 is 5.32 Å². The molecule has 0 fully saturated rings. The zero-order valence-electron chi connectivity index (χ0n) is 8.60. The molecule has 0 saturated carbocycles. The van der Waals surface area contributed by atoms with E-state index in [-0.39, 0.29) is 4.90 Å². The average molecular weight is 227 g/mol. The van der Waals surface area contributed by atoms with Gasteiger partial charge >= 0.3 is 0 Å². The molecule has 82 valence electrons. The molecule has 1 N–H and O–H groups in total. The van der Waals surface area contributed by atoms with E-state index in [2.05, 4.69) is 5.32 Å². The van der Waals surface area contributed by atoms with Crippen LogP contribution in [0.4, 0.5) is 0 Å². The highest BCUT2D eigenvalue weighted by Gasteiger charge is 2.21. The van der Waals surface area contributed by atoms with Crippen molar-refractivity contribution in [3.63, 3.8) is 0 Å². The number of benzene rings is 1. The number of aryl methyl sites for hydroxylation is 1. The molecule has 0 aliphatic rings. The largest absolute Gasteiger partial charge is 0.342 e. The topological polar surface area (TPSA) is 63.2 Å². The Labute approximate surface area is 89.2 Å². The number of amides is 1. The van der Waals surface area contributed by atoms with Crippen LogP contribution in [0, 0.1) is 6.92 Å². The van der Waals surface area contributed by atoms with Gasteiger partial charge in [-0.3, -0.25) is 4.79 Å². The molecule has 0 spiro atoms. The van der Waals surface area contributed by atoms with Crippen molar-refractivity contribution in [3.8, 4) is 0 Å². The van der Waals surface area contributed by atoms with Gasteiger partial charge in [0.25, 0.3) is 0 Å². The van der Waals surface area contributed by atoms with Crippen LogP contribution >= 0.6 is 0 Å². The Bertz CT molecular complexity index is 436. The van der Waals surface area contributed by atoms with Gasteiger partial charge in [0, 0.05) is 0 Å². The first-order chi connectivity index (χ1) is 6.98. The van der Waals surface area contributed by atoms with E-state index in [1.165, 1.54) is 19.1 Å². The zero-order valence-corrected chi connectivity index (χ0v) is 9.41. The first-order valence-electron chi connectivity index (χ1n) is 4.48. The molecule has 1 amide bonds. The van der Waals surface area contributed by atoms with E-state index >= 15 is 0 Å². The molecule has 0 aliphatic heterocycles. The highest BCUT2D eigenvalue weighted by atomic mass is 32.2. The lowest BCUT2D eigenvalue weighted by Crippen LogP contribution is -2.32. The third-order valence-corrected chi connectivity index (χ3v) is 4.11. The Kier molecular flexibility index (Phi) is 3.47. The highest BCUT2D eigenvalue weighted by Crippen LogP contribution is 2.14. The van der Waals surface area contributed by atoms with Crippen LogP contribution in [0.25, 0.3) is 0 Å². The summed E-state index contributed by atoms with van der Waals surface area (Å²) >= 11 is 0. The summed E-state index contributed by atoms with van der Waals surface area (Å²) in [5, 5.41) is 1.33. The number of carbonyl (C=O) groups is 1. The lowest BCUT2D eigenvalue weighted by molar-refractivity contribution is -0.109. The summed E-state index contributed by atoms with van der Waals surface area (Å²) in [5.74, 6) is 0. The normalized spacial score (nSPS) is 13.2. The fourth-order valence-corrected chi connectivity index (χ4v) is 2.28. The summed E-state index contributed by atoms with van der Waals surface area (Å²) in [5.41, 5.74) is 0.991. The summed E-state index contributed by atoms with van der Waals surface area (Å²) < 4.78 is 23.6. The van der Waals surface area contributed by atoms with E-state index in [1.54, 1.807) is 12.1 Å². The molecule has 1 rings (SSSR count). The van der Waals surface area contributed by atoms with Gasteiger partial charge in [-0.05, 0) is 26.0 Å². The lowest BCUT2D eigenvalue weighted by Gasteiger charge is -2.11. The maximum absolute atomic E-state index is 11.8. The fraction of sp³-hybridized carbons (Fsp3) is 0.300. The van der Waals surface area contributed by atoms with Gasteiger partial charge in [0.1, 0.15) is 5.37 Å². The first-order valence-corrected chi connectivity index (χ1v) is 6.03. The van der Waals surface area contributed by atoms with Crippen molar-refractivity contribution in [1.82, 2.24) is 5.32 Å². The van der Waals surface area contributed by atoms with Crippen molar-refractivity contribution in [3.05, 3.63) is 29.8 Å². The van der Waals surface area contributed by atoms with Gasteiger partial charge < -0.3 is 5.32 Å². The Morgan fingerprint density at radius 1 is 1.27 bits per heavy atom. The number of carbonyl (C=O) groups excluding carboxylic acids is 1. The third kappa shape index (κ3) is 2.56. The molecule has 4 nitrogen and oxygen atoms in total. The second-order valence-electron chi connectivity index (χ2n) is 3.28. The maximum Gasteiger partial charge on any atom is 0.208 e. The van der Waals surface area contributed by atoms with Gasteiger partial charge in [-0.2, -0.15) is 0 Å². The van der Waals surface area contributed by atoms with Crippen molar-refractivity contribution in [2.24, 2.45) is 0 Å². The van der Waals surface area contributed by atoms with Gasteiger partial charge in [-0.1, -0.05) is 17.7 Å². The maximum atomic E-state index is 11.8. The molecule has 1 unspecified atom stereocenters. The van der Waals surface area contributed by atoms with E-state index in [1.807, 2.05) is 6.92 Å². The molecule has 0 saturated heterocycles. The van der Waals surface area contributed by atoms with E-state index in [4.69, 9.17) is 0 Å². The highest BCUT2D eigenvalue weighted by molar-refractivity contribution is 7.92. The molecule has 0 aliphatic carbocycles. The van der Waals surface area contributed by atoms with Crippen LogP contribution in [-0.4, -0.2) is 20.2 Å². The van der Waals surface area contributed by atoms with Crippen LogP contribution in [0.5, 0.6) is 0 Å². The van der Waals surface area contributed by atoms with Crippen molar-refractivity contribution in [2.45, 2.75) is 24.1 Å². The average Bonchev–Trinajstić information content (AvgIpc) is 2.18. The van der Waals surface area contributed by atoms with Crippen LogP contribution in [-0.2, 0) is 14.6 Å². The monoisotopic (exact) mass is 227 g/mol. The summed E-state index contributed by atoms with van der Waals surface area (Å²) in [7, 11) is -3.46. The quantitative estimate of drug-likeness (QED) is 0.776. The standard InChI is InChI=1S/C10H13NO3S/c1-8-3-5-10(6-4-8)15(13,14)9(2)11-7-12/h3-7,9H,1-2H3,(H,11,12). The molecule has 1 aromatic rings. The second kappa shape index (κ2) is 4.44. The van der Waals surface area contributed by atoms with Gasteiger partial charge in [-0.15, -0.1) is 0 Å². The molecule has 1 aromatic carbocycles. The smallest absolute Gasteiger partial charge is 0.208 e. The molecule has 0 bridgehead atoms. The molecule has 15 heavy (non-hydrogen) atoms. The number of hydrogen-bond acceptors (Lipinski definition) is 3. The SMILES string of the molecule is Cc1ccc(S(=O)(=O)C(C)NC=O)cc1. The van der Waals surface area contributed by atoms with Crippen molar-refractivity contribution in [2.75, 3.05) is 0 Å². The summed E-state index contributed by atoms with van der Waals surface area (Å²) in [4.78, 5) is 10.4. The van der Waals surface area contributed by atoms with Crippen LogP contribution in [0.3, 0.4) is 0 Å². The molecular formula is C10H13NO3S. The molecule has 0 radical (unpaired) electrons. The minimum absolute atomic E-state index is 0.218. The zero-order chi connectivity index (χ0) is 11.5. The van der Waals surface area contributed by atoms with Crippen LogP contribution in [0.15, 0.2) is 29.2 Å². The minimum Gasteiger partial charge on any atom is -0.342 e. The number of sulfone groups is 1. The predicted octanol–water partition coefficient (Wildman–Crippen LogP) is 0.861. The van der Waals surface area contributed by atoms with E-state index < -0.39 is 15.2 Å². The molecule has 5 heteroatoms. The second-order valence-corrected chi connectivity index (χ2v) is 5.55. The van der Waals surface area contributed by atoms with Gasteiger partial charge in [0.15, 0.2) is 9.84 Å². The minimum atomic E-state index is -3.46. The van der Waals surface area contributed by atoms with Gasteiger partial charge in [0.05, 0.1) is 4.90 Å². The number of nitrogens with one attached hydrogen (secondary N) is 1. The van der Waals surface area contributed by atoms with E-state index in [9.17, 15) is 13.2 Å². The van der Waals surface area contributed by atoms with Gasteiger partial charge in [0.2, 0.25) is 6.41 Å². The van der Waals surface area contributed by atoms with Crippen LogP contribution in [0.1, 0.15) is 12.5 Å². The van der Waals surface area contributed by atoms with Crippen molar-refractivity contribution in [1.29, 1.82) is 0 Å². The predicted molar refractivity (Wildman–Crippen MR) is 57.0 cm³/mol. The van der Waals surface area contributed by atoms with Gasteiger partial charge in [-0.25, -0.2) is 8.42 Å². The Balaban J connectivity index is 3.06. The van der Waals surface area contributed by atoms with E-state index in [0.717, 1.165) is 5.56 Å². The molecular weight excluding hydrogens is 214 g/mol. The lowest BCUT2D eigenvalue weighted by atomic mass is 10.2.